The zero-order valence-electron chi connectivity index (χ0n) is 9.47. The zero-order valence-corrected chi connectivity index (χ0v) is 10.3. The van der Waals surface area contributed by atoms with E-state index in [4.69, 9.17) is 5.11 Å². The van der Waals surface area contributed by atoms with Crippen molar-refractivity contribution in [2.45, 2.75) is 10.6 Å². The minimum atomic E-state index is -0.944. The summed E-state index contributed by atoms with van der Waals surface area (Å²) in [7, 11) is 0. The summed E-state index contributed by atoms with van der Waals surface area (Å²) in [5.41, 5.74) is 0.898. The van der Waals surface area contributed by atoms with E-state index in [9.17, 15) is 9.18 Å². The number of carboxylic acids is 1. The van der Waals surface area contributed by atoms with E-state index in [0.29, 0.717) is 11.3 Å². The topological polar surface area (TPSA) is 37.3 Å². The van der Waals surface area contributed by atoms with E-state index in [1.54, 1.807) is 42.5 Å². The molecule has 0 bridgehead atoms. The van der Waals surface area contributed by atoms with Crippen molar-refractivity contribution >= 4 is 17.7 Å². The third-order valence-electron chi connectivity index (χ3n) is 2.45. The highest BCUT2D eigenvalue weighted by atomic mass is 32.2. The number of carboxylic acid groups (broad SMARTS) is 1. The third-order valence-corrected chi connectivity index (χ3v) is 3.51. The van der Waals surface area contributed by atoms with Gasteiger partial charge >= 0.3 is 5.97 Å². The second-order valence-corrected chi connectivity index (χ2v) is 4.76. The molecule has 0 unspecified atom stereocenters. The highest BCUT2D eigenvalue weighted by Crippen LogP contribution is 2.24. The quantitative estimate of drug-likeness (QED) is 0.851. The Morgan fingerprint density at radius 3 is 2.39 bits per heavy atom. The Bertz CT molecular complexity index is 552. The van der Waals surface area contributed by atoms with Gasteiger partial charge in [0.15, 0.2) is 0 Å². The number of thioether (sulfide) groups is 1. The van der Waals surface area contributed by atoms with Gasteiger partial charge in [-0.15, -0.1) is 11.8 Å². The number of aromatic carboxylic acids is 1. The summed E-state index contributed by atoms with van der Waals surface area (Å²) in [5.74, 6) is -0.633. The van der Waals surface area contributed by atoms with Crippen LogP contribution in [0.15, 0.2) is 53.4 Å². The van der Waals surface area contributed by atoms with Crippen molar-refractivity contribution in [2.24, 2.45) is 0 Å². The minimum Gasteiger partial charge on any atom is -0.478 e. The molecule has 0 atom stereocenters. The molecule has 0 fully saturated rings. The van der Waals surface area contributed by atoms with Gasteiger partial charge in [0.2, 0.25) is 0 Å². The standard InChI is InChI=1S/C14H11FO2S/c15-13-4-2-1-3-11(13)9-18-12-7-5-10(6-8-12)14(16)17/h1-8H,9H2,(H,16,17). The molecule has 92 valence electrons. The van der Waals surface area contributed by atoms with Crippen LogP contribution in [0, 0.1) is 5.82 Å². The average Bonchev–Trinajstić information content (AvgIpc) is 2.38. The minimum absolute atomic E-state index is 0.216. The molecule has 1 N–H and O–H groups in total. The Balaban J connectivity index is 2.02. The Hall–Kier alpha value is -1.81. The summed E-state index contributed by atoms with van der Waals surface area (Å²) < 4.78 is 13.4. The molecular formula is C14H11FO2S. The second kappa shape index (κ2) is 5.69. The van der Waals surface area contributed by atoms with Crippen molar-refractivity contribution in [3.8, 4) is 0 Å². The molecule has 2 rings (SSSR count). The van der Waals surface area contributed by atoms with Gasteiger partial charge in [0.25, 0.3) is 0 Å². The van der Waals surface area contributed by atoms with Gasteiger partial charge in [-0.05, 0) is 35.9 Å². The van der Waals surface area contributed by atoms with E-state index >= 15 is 0 Å². The Morgan fingerprint density at radius 1 is 1.11 bits per heavy atom. The van der Waals surface area contributed by atoms with Gasteiger partial charge in [0, 0.05) is 10.6 Å². The van der Waals surface area contributed by atoms with Crippen LogP contribution >= 0.6 is 11.8 Å². The fraction of sp³-hybridized carbons (Fsp3) is 0.0714. The van der Waals surface area contributed by atoms with Crippen molar-refractivity contribution < 1.29 is 14.3 Å². The molecule has 0 saturated carbocycles. The lowest BCUT2D eigenvalue weighted by Crippen LogP contribution is -1.94. The Morgan fingerprint density at radius 2 is 1.78 bits per heavy atom. The lowest BCUT2D eigenvalue weighted by Gasteiger charge is -2.03. The summed E-state index contributed by atoms with van der Waals surface area (Å²) in [4.78, 5) is 11.6. The van der Waals surface area contributed by atoms with E-state index in [1.165, 1.54) is 17.8 Å². The molecule has 0 spiro atoms. The van der Waals surface area contributed by atoms with Gasteiger partial charge in [0.1, 0.15) is 5.82 Å². The van der Waals surface area contributed by atoms with Crippen molar-refractivity contribution in [1.82, 2.24) is 0 Å². The maximum atomic E-state index is 13.4. The summed E-state index contributed by atoms with van der Waals surface area (Å²) in [6, 6.07) is 13.2. The molecule has 0 aromatic heterocycles. The number of carbonyl (C=O) groups is 1. The average molecular weight is 262 g/mol. The van der Waals surface area contributed by atoms with Crippen molar-refractivity contribution in [3.05, 3.63) is 65.5 Å². The fourth-order valence-corrected chi connectivity index (χ4v) is 2.36. The molecule has 2 nitrogen and oxygen atoms in total. The molecule has 0 saturated heterocycles. The van der Waals surface area contributed by atoms with E-state index in [2.05, 4.69) is 0 Å². The first-order chi connectivity index (χ1) is 8.66. The predicted molar refractivity (Wildman–Crippen MR) is 69.4 cm³/mol. The maximum Gasteiger partial charge on any atom is 0.335 e. The van der Waals surface area contributed by atoms with Crippen LogP contribution < -0.4 is 0 Å². The normalized spacial score (nSPS) is 10.3. The molecule has 2 aromatic carbocycles. The number of hydrogen-bond acceptors (Lipinski definition) is 2. The summed E-state index contributed by atoms with van der Waals surface area (Å²) in [6.07, 6.45) is 0. The van der Waals surface area contributed by atoms with Crippen LogP contribution in [0.4, 0.5) is 4.39 Å². The van der Waals surface area contributed by atoms with Crippen LogP contribution in [0.2, 0.25) is 0 Å². The molecule has 0 heterocycles. The Labute approximate surface area is 108 Å². The first kappa shape index (κ1) is 12.6. The lowest BCUT2D eigenvalue weighted by atomic mass is 10.2. The van der Waals surface area contributed by atoms with Gasteiger partial charge < -0.3 is 5.11 Å². The van der Waals surface area contributed by atoms with E-state index < -0.39 is 5.97 Å². The molecule has 0 radical (unpaired) electrons. The van der Waals surface area contributed by atoms with Gasteiger partial charge in [-0.1, -0.05) is 18.2 Å². The number of rotatable bonds is 4. The SMILES string of the molecule is O=C(O)c1ccc(SCc2ccccc2F)cc1. The number of halogens is 1. The molecule has 0 amide bonds. The van der Waals surface area contributed by atoms with Gasteiger partial charge in [0.05, 0.1) is 5.56 Å². The van der Waals surface area contributed by atoms with E-state index in [-0.39, 0.29) is 11.4 Å². The summed E-state index contributed by atoms with van der Waals surface area (Å²) in [5, 5.41) is 8.76. The van der Waals surface area contributed by atoms with Crippen LogP contribution in [-0.2, 0) is 5.75 Å². The first-order valence-electron chi connectivity index (χ1n) is 5.36. The third kappa shape index (κ3) is 3.11. The number of benzene rings is 2. The van der Waals surface area contributed by atoms with E-state index in [1.807, 2.05) is 0 Å². The van der Waals surface area contributed by atoms with Crippen LogP contribution in [-0.4, -0.2) is 11.1 Å². The molecule has 2 aromatic rings. The van der Waals surface area contributed by atoms with Crippen LogP contribution in [0.25, 0.3) is 0 Å². The van der Waals surface area contributed by atoms with Crippen molar-refractivity contribution in [2.75, 3.05) is 0 Å². The van der Waals surface area contributed by atoms with Gasteiger partial charge in [-0.25, -0.2) is 9.18 Å². The molecular weight excluding hydrogens is 251 g/mol. The van der Waals surface area contributed by atoms with Crippen LogP contribution in [0.5, 0.6) is 0 Å². The molecule has 4 heteroatoms. The molecule has 0 aliphatic carbocycles. The highest BCUT2D eigenvalue weighted by molar-refractivity contribution is 7.98. The molecule has 0 aliphatic rings. The first-order valence-corrected chi connectivity index (χ1v) is 6.35. The van der Waals surface area contributed by atoms with Crippen LogP contribution in [0.1, 0.15) is 15.9 Å². The highest BCUT2D eigenvalue weighted by Gasteiger charge is 2.04. The predicted octanol–water partition coefficient (Wildman–Crippen LogP) is 3.82. The zero-order chi connectivity index (χ0) is 13.0. The smallest absolute Gasteiger partial charge is 0.335 e. The number of hydrogen-bond donors (Lipinski definition) is 1. The van der Waals surface area contributed by atoms with Crippen molar-refractivity contribution in [1.29, 1.82) is 0 Å². The van der Waals surface area contributed by atoms with Gasteiger partial charge in [-0.3, -0.25) is 0 Å². The largest absolute Gasteiger partial charge is 0.478 e. The van der Waals surface area contributed by atoms with Crippen molar-refractivity contribution in [3.63, 3.8) is 0 Å². The summed E-state index contributed by atoms with van der Waals surface area (Å²) >= 11 is 1.48. The van der Waals surface area contributed by atoms with Gasteiger partial charge in [-0.2, -0.15) is 0 Å². The monoisotopic (exact) mass is 262 g/mol. The molecule has 18 heavy (non-hydrogen) atoms. The Kier molecular flexibility index (Phi) is 3.99. The molecule has 0 aliphatic heterocycles. The summed E-state index contributed by atoms with van der Waals surface area (Å²) in [6.45, 7) is 0. The van der Waals surface area contributed by atoms with E-state index in [0.717, 1.165) is 4.90 Å². The lowest BCUT2D eigenvalue weighted by molar-refractivity contribution is 0.0697. The van der Waals surface area contributed by atoms with Crippen LogP contribution in [0.3, 0.4) is 0 Å². The second-order valence-electron chi connectivity index (χ2n) is 3.71. The maximum absolute atomic E-state index is 13.4. The fourth-order valence-electron chi connectivity index (χ4n) is 1.47.